The van der Waals surface area contributed by atoms with Gasteiger partial charge in [-0.2, -0.15) is 0 Å². The molecule has 0 spiro atoms. The summed E-state index contributed by atoms with van der Waals surface area (Å²) in [6.07, 6.45) is 0.609. The van der Waals surface area contributed by atoms with Crippen molar-refractivity contribution in [3.05, 3.63) is 35.9 Å². The molecule has 0 radical (unpaired) electrons. The number of carbonyl (C=O) groups excluding carboxylic acids is 1. The highest BCUT2D eigenvalue weighted by Crippen LogP contribution is 2.19. The van der Waals surface area contributed by atoms with Crippen LogP contribution in [0.4, 0.5) is 0 Å². The fraction of sp³-hybridized carbons (Fsp3) is 0.562. The van der Waals surface area contributed by atoms with Crippen LogP contribution in [0.3, 0.4) is 0 Å². The maximum Gasteiger partial charge on any atom is 0.219 e. The van der Waals surface area contributed by atoms with E-state index >= 15 is 0 Å². The summed E-state index contributed by atoms with van der Waals surface area (Å²) in [5, 5.41) is 10.2. The molecule has 1 aliphatic rings. The zero-order chi connectivity index (χ0) is 14.5. The molecule has 1 aromatic rings. The van der Waals surface area contributed by atoms with Crippen molar-refractivity contribution in [2.75, 3.05) is 33.2 Å². The molecule has 1 fully saturated rings. The van der Waals surface area contributed by atoms with Crippen molar-refractivity contribution < 1.29 is 9.90 Å². The van der Waals surface area contributed by atoms with Crippen molar-refractivity contribution in [1.29, 1.82) is 0 Å². The van der Waals surface area contributed by atoms with E-state index in [0.29, 0.717) is 12.5 Å². The molecule has 1 heterocycles. The van der Waals surface area contributed by atoms with E-state index in [4.69, 9.17) is 0 Å². The summed E-state index contributed by atoms with van der Waals surface area (Å²) in [4.78, 5) is 15.4. The number of aliphatic hydroxyl groups excluding tert-OH is 1. The fourth-order valence-corrected chi connectivity index (χ4v) is 2.86. The van der Waals surface area contributed by atoms with Gasteiger partial charge in [-0.3, -0.25) is 4.79 Å². The number of hydrogen-bond acceptors (Lipinski definition) is 3. The molecular weight excluding hydrogens is 252 g/mol. The Morgan fingerprint density at radius 1 is 1.45 bits per heavy atom. The SMILES string of the molecule is CC(=O)N1CCC(CN(C)CC(O)c2ccccc2)C1. The fourth-order valence-electron chi connectivity index (χ4n) is 2.86. The maximum absolute atomic E-state index is 11.3. The van der Waals surface area contributed by atoms with Crippen LogP contribution >= 0.6 is 0 Å². The van der Waals surface area contributed by atoms with E-state index < -0.39 is 6.10 Å². The Balaban J connectivity index is 1.78. The van der Waals surface area contributed by atoms with E-state index in [1.807, 2.05) is 42.3 Å². The van der Waals surface area contributed by atoms with Gasteiger partial charge in [-0.05, 0) is 24.9 Å². The van der Waals surface area contributed by atoms with Crippen molar-refractivity contribution >= 4 is 5.91 Å². The number of benzene rings is 1. The molecule has 0 bridgehead atoms. The van der Waals surface area contributed by atoms with Crippen LogP contribution in [0, 0.1) is 5.92 Å². The number of nitrogens with zero attached hydrogens (tertiary/aromatic N) is 2. The van der Waals surface area contributed by atoms with Gasteiger partial charge in [0.2, 0.25) is 5.91 Å². The Labute approximate surface area is 121 Å². The molecule has 20 heavy (non-hydrogen) atoms. The normalized spacial score (nSPS) is 20.4. The van der Waals surface area contributed by atoms with Crippen molar-refractivity contribution in [2.45, 2.75) is 19.4 Å². The van der Waals surface area contributed by atoms with Gasteiger partial charge >= 0.3 is 0 Å². The first kappa shape index (κ1) is 15.0. The van der Waals surface area contributed by atoms with Crippen LogP contribution in [0.1, 0.15) is 25.0 Å². The van der Waals surface area contributed by atoms with Gasteiger partial charge < -0.3 is 14.9 Å². The zero-order valence-electron chi connectivity index (χ0n) is 12.3. The number of aliphatic hydroxyl groups is 1. The van der Waals surface area contributed by atoms with Gasteiger partial charge in [0.1, 0.15) is 0 Å². The summed E-state index contributed by atoms with van der Waals surface area (Å²) in [6, 6.07) is 9.74. The number of likely N-dealkylation sites (N-methyl/N-ethyl adjacent to an activating group) is 1. The van der Waals surface area contributed by atoms with E-state index in [1.54, 1.807) is 6.92 Å². The van der Waals surface area contributed by atoms with Crippen LogP contribution in [0.5, 0.6) is 0 Å². The van der Waals surface area contributed by atoms with Crippen LogP contribution < -0.4 is 0 Å². The Bertz CT molecular complexity index is 435. The standard InChI is InChI=1S/C16H24N2O2/c1-13(19)18-9-8-14(11-18)10-17(2)12-16(20)15-6-4-3-5-7-15/h3-7,14,16,20H,8-12H2,1-2H3. The number of likely N-dealkylation sites (tertiary alicyclic amines) is 1. The molecule has 4 heteroatoms. The Morgan fingerprint density at radius 2 is 2.15 bits per heavy atom. The third-order valence-electron chi connectivity index (χ3n) is 3.97. The lowest BCUT2D eigenvalue weighted by atomic mass is 10.1. The average molecular weight is 276 g/mol. The quantitative estimate of drug-likeness (QED) is 0.887. The van der Waals surface area contributed by atoms with Gasteiger partial charge in [0.05, 0.1) is 6.10 Å². The number of hydrogen-bond donors (Lipinski definition) is 1. The van der Waals surface area contributed by atoms with Gasteiger partial charge in [-0.25, -0.2) is 0 Å². The van der Waals surface area contributed by atoms with Crippen LogP contribution in [0.15, 0.2) is 30.3 Å². The third-order valence-corrected chi connectivity index (χ3v) is 3.97. The molecule has 1 aliphatic heterocycles. The van der Waals surface area contributed by atoms with Gasteiger partial charge in [0.25, 0.3) is 0 Å². The van der Waals surface area contributed by atoms with Crippen LogP contribution in [0.25, 0.3) is 0 Å². The third kappa shape index (κ3) is 4.05. The van der Waals surface area contributed by atoms with E-state index in [-0.39, 0.29) is 5.91 Å². The average Bonchev–Trinajstić information content (AvgIpc) is 2.88. The molecule has 1 aromatic carbocycles. The van der Waals surface area contributed by atoms with Crippen LogP contribution in [-0.4, -0.2) is 54.0 Å². The largest absolute Gasteiger partial charge is 0.387 e. The predicted octanol–water partition coefficient (Wildman–Crippen LogP) is 1.52. The number of amides is 1. The summed E-state index contributed by atoms with van der Waals surface area (Å²) < 4.78 is 0. The van der Waals surface area contributed by atoms with E-state index in [2.05, 4.69) is 4.90 Å². The van der Waals surface area contributed by atoms with Crippen molar-refractivity contribution in [3.63, 3.8) is 0 Å². The lowest BCUT2D eigenvalue weighted by Gasteiger charge is -2.24. The lowest BCUT2D eigenvalue weighted by Crippen LogP contribution is -2.32. The Morgan fingerprint density at radius 3 is 2.75 bits per heavy atom. The van der Waals surface area contributed by atoms with Crippen molar-refractivity contribution in [1.82, 2.24) is 9.80 Å². The topological polar surface area (TPSA) is 43.8 Å². The molecule has 4 nitrogen and oxygen atoms in total. The highest BCUT2D eigenvalue weighted by molar-refractivity contribution is 5.73. The summed E-state index contributed by atoms with van der Waals surface area (Å²) in [5.74, 6) is 0.686. The molecule has 2 atom stereocenters. The second kappa shape index (κ2) is 6.86. The highest BCUT2D eigenvalue weighted by Gasteiger charge is 2.25. The minimum absolute atomic E-state index is 0.166. The van der Waals surface area contributed by atoms with Gasteiger partial charge in [-0.15, -0.1) is 0 Å². The van der Waals surface area contributed by atoms with Crippen molar-refractivity contribution in [3.8, 4) is 0 Å². The molecule has 0 aromatic heterocycles. The zero-order valence-corrected chi connectivity index (χ0v) is 12.3. The second-order valence-electron chi connectivity index (χ2n) is 5.77. The Kier molecular flexibility index (Phi) is 5.15. The molecule has 2 rings (SSSR count). The van der Waals surface area contributed by atoms with E-state index in [1.165, 1.54) is 0 Å². The molecule has 0 aliphatic carbocycles. The highest BCUT2D eigenvalue weighted by atomic mass is 16.3. The van der Waals surface area contributed by atoms with Gasteiger partial charge in [0.15, 0.2) is 0 Å². The molecule has 1 amide bonds. The smallest absolute Gasteiger partial charge is 0.219 e. The predicted molar refractivity (Wildman–Crippen MR) is 79.3 cm³/mol. The summed E-state index contributed by atoms with van der Waals surface area (Å²) in [5.41, 5.74) is 0.955. The minimum atomic E-state index is -0.452. The number of carbonyl (C=O) groups is 1. The molecular formula is C16H24N2O2. The molecule has 110 valence electrons. The first-order valence-electron chi connectivity index (χ1n) is 7.23. The maximum atomic E-state index is 11.3. The second-order valence-corrected chi connectivity index (χ2v) is 5.77. The summed E-state index contributed by atoms with van der Waals surface area (Å²) in [7, 11) is 2.03. The first-order chi connectivity index (χ1) is 9.56. The van der Waals surface area contributed by atoms with Crippen molar-refractivity contribution in [2.24, 2.45) is 5.92 Å². The van der Waals surface area contributed by atoms with E-state index in [0.717, 1.165) is 31.6 Å². The molecule has 0 saturated carbocycles. The van der Waals surface area contributed by atoms with Crippen LogP contribution in [0.2, 0.25) is 0 Å². The molecule has 2 unspecified atom stereocenters. The summed E-state index contributed by atoms with van der Waals surface area (Å²) >= 11 is 0. The molecule has 1 saturated heterocycles. The van der Waals surface area contributed by atoms with Gasteiger partial charge in [0, 0.05) is 33.1 Å². The Hall–Kier alpha value is -1.39. The summed E-state index contributed by atoms with van der Waals surface area (Å²) in [6.45, 7) is 4.90. The van der Waals surface area contributed by atoms with Crippen LogP contribution in [-0.2, 0) is 4.79 Å². The minimum Gasteiger partial charge on any atom is -0.387 e. The van der Waals surface area contributed by atoms with Gasteiger partial charge in [-0.1, -0.05) is 30.3 Å². The molecule has 1 N–H and O–H groups in total. The number of rotatable bonds is 5. The lowest BCUT2D eigenvalue weighted by molar-refractivity contribution is -0.127. The monoisotopic (exact) mass is 276 g/mol. The first-order valence-corrected chi connectivity index (χ1v) is 7.23. The van der Waals surface area contributed by atoms with E-state index in [9.17, 15) is 9.90 Å².